The van der Waals surface area contributed by atoms with E-state index in [4.69, 9.17) is 11.5 Å². The Morgan fingerprint density at radius 1 is 0.917 bits per heavy atom. The number of amides is 3. The summed E-state index contributed by atoms with van der Waals surface area (Å²) < 4.78 is 0. The van der Waals surface area contributed by atoms with E-state index >= 15 is 0 Å². The van der Waals surface area contributed by atoms with Gasteiger partial charge in [0.05, 0.1) is 6.04 Å². The number of rotatable bonds is 17. The number of carboxylic acids is 1. The third-order valence-electron chi connectivity index (χ3n) is 5.69. The number of unbranched alkanes of at least 4 members (excludes halogenated alkanes) is 1. The maximum atomic E-state index is 13.2. The van der Waals surface area contributed by atoms with Crippen LogP contribution in [0.5, 0.6) is 0 Å². The molecule has 202 valence electrons. The van der Waals surface area contributed by atoms with Gasteiger partial charge in [0.2, 0.25) is 17.7 Å². The number of carboxylic acid groups (broad SMARTS) is 1. The van der Waals surface area contributed by atoms with Gasteiger partial charge in [-0.1, -0.05) is 44.2 Å². The summed E-state index contributed by atoms with van der Waals surface area (Å²) in [6.07, 6.45) is 4.08. The molecule has 0 spiro atoms. The molecule has 11 heteroatoms. The van der Waals surface area contributed by atoms with E-state index in [1.165, 1.54) is 11.8 Å². The third-order valence-corrected chi connectivity index (χ3v) is 6.33. The van der Waals surface area contributed by atoms with Crippen molar-refractivity contribution in [3.8, 4) is 0 Å². The number of aliphatic carboxylic acids is 1. The van der Waals surface area contributed by atoms with Gasteiger partial charge in [0, 0.05) is 0 Å². The maximum Gasteiger partial charge on any atom is 0.326 e. The first-order chi connectivity index (χ1) is 17.1. The molecule has 0 saturated heterocycles. The van der Waals surface area contributed by atoms with Crippen LogP contribution < -0.4 is 27.4 Å². The largest absolute Gasteiger partial charge is 0.480 e. The van der Waals surface area contributed by atoms with Crippen LogP contribution in [0.4, 0.5) is 0 Å². The van der Waals surface area contributed by atoms with E-state index in [-0.39, 0.29) is 5.92 Å². The molecule has 0 aliphatic carbocycles. The first-order valence-corrected chi connectivity index (χ1v) is 13.6. The Morgan fingerprint density at radius 3 is 2.06 bits per heavy atom. The number of nitrogens with two attached hydrogens (primary N) is 2. The first-order valence-electron chi connectivity index (χ1n) is 12.2. The van der Waals surface area contributed by atoms with Gasteiger partial charge in [0.25, 0.3) is 0 Å². The Labute approximate surface area is 217 Å². The lowest BCUT2D eigenvalue weighted by Gasteiger charge is -2.26. The molecule has 0 fully saturated rings. The van der Waals surface area contributed by atoms with Crippen LogP contribution in [-0.2, 0) is 25.6 Å². The molecule has 1 rings (SSSR count). The van der Waals surface area contributed by atoms with Crippen LogP contribution in [0.25, 0.3) is 0 Å². The zero-order valence-electron chi connectivity index (χ0n) is 21.4. The fourth-order valence-electron chi connectivity index (χ4n) is 3.55. The number of thioether (sulfide) groups is 1. The number of benzene rings is 1. The lowest BCUT2D eigenvalue weighted by molar-refractivity contribution is -0.143. The zero-order chi connectivity index (χ0) is 27.1. The van der Waals surface area contributed by atoms with Crippen molar-refractivity contribution in [1.29, 1.82) is 0 Å². The highest BCUT2D eigenvalue weighted by molar-refractivity contribution is 7.98. The maximum absolute atomic E-state index is 13.2. The molecule has 4 unspecified atom stereocenters. The Balaban J connectivity index is 2.94. The quantitative estimate of drug-likeness (QED) is 0.161. The lowest BCUT2D eigenvalue weighted by Crippen LogP contribution is -2.57. The van der Waals surface area contributed by atoms with Gasteiger partial charge >= 0.3 is 5.97 Å². The predicted molar refractivity (Wildman–Crippen MR) is 142 cm³/mol. The smallest absolute Gasteiger partial charge is 0.326 e. The van der Waals surface area contributed by atoms with Gasteiger partial charge in [-0.25, -0.2) is 4.79 Å². The van der Waals surface area contributed by atoms with Crippen molar-refractivity contribution in [2.45, 2.75) is 70.1 Å². The number of carbonyl (C=O) groups is 4. The molecule has 0 bridgehead atoms. The highest BCUT2D eigenvalue weighted by Gasteiger charge is 2.31. The minimum atomic E-state index is -1.15. The van der Waals surface area contributed by atoms with Gasteiger partial charge in [0.15, 0.2) is 0 Å². The molecule has 1 aromatic rings. The van der Waals surface area contributed by atoms with Crippen LogP contribution in [0.2, 0.25) is 0 Å². The van der Waals surface area contributed by atoms with Crippen molar-refractivity contribution < 1.29 is 24.3 Å². The zero-order valence-corrected chi connectivity index (χ0v) is 22.2. The second-order valence-corrected chi connectivity index (χ2v) is 10.0. The third kappa shape index (κ3) is 11.4. The van der Waals surface area contributed by atoms with Gasteiger partial charge in [-0.15, -0.1) is 0 Å². The van der Waals surface area contributed by atoms with Crippen LogP contribution in [0, 0.1) is 5.92 Å². The molecule has 0 heterocycles. The number of carbonyl (C=O) groups excluding carboxylic acids is 3. The molecule has 10 nitrogen and oxygen atoms in total. The highest BCUT2D eigenvalue weighted by Crippen LogP contribution is 2.09. The van der Waals surface area contributed by atoms with Crippen LogP contribution in [0.15, 0.2) is 30.3 Å². The summed E-state index contributed by atoms with van der Waals surface area (Å²) in [6, 6.07) is 5.54. The molecular formula is C25H41N5O5S. The summed E-state index contributed by atoms with van der Waals surface area (Å²) in [6.45, 7) is 3.83. The molecule has 0 aliphatic heterocycles. The van der Waals surface area contributed by atoms with Crippen LogP contribution in [0.3, 0.4) is 0 Å². The van der Waals surface area contributed by atoms with Crippen molar-refractivity contribution in [2.75, 3.05) is 18.6 Å². The minimum Gasteiger partial charge on any atom is -0.480 e. The van der Waals surface area contributed by atoms with E-state index in [1.807, 2.05) is 36.6 Å². The van der Waals surface area contributed by atoms with Gasteiger partial charge in [-0.05, 0) is 62.1 Å². The van der Waals surface area contributed by atoms with Crippen molar-refractivity contribution in [1.82, 2.24) is 16.0 Å². The Bertz CT molecular complexity index is 839. The van der Waals surface area contributed by atoms with Crippen LogP contribution in [0.1, 0.15) is 45.1 Å². The summed E-state index contributed by atoms with van der Waals surface area (Å²) >= 11 is 1.50. The van der Waals surface area contributed by atoms with Crippen molar-refractivity contribution >= 4 is 35.5 Å². The van der Waals surface area contributed by atoms with Crippen LogP contribution >= 0.6 is 11.8 Å². The molecule has 0 saturated carbocycles. The van der Waals surface area contributed by atoms with E-state index in [1.54, 1.807) is 13.8 Å². The van der Waals surface area contributed by atoms with E-state index in [9.17, 15) is 24.3 Å². The fraction of sp³-hybridized carbons (Fsp3) is 0.600. The monoisotopic (exact) mass is 523 g/mol. The summed E-state index contributed by atoms with van der Waals surface area (Å²) in [5.41, 5.74) is 12.6. The number of hydrogen-bond donors (Lipinski definition) is 6. The molecular weight excluding hydrogens is 482 g/mol. The Morgan fingerprint density at radius 2 is 1.50 bits per heavy atom. The van der Waals surface area contributed by atoms with Gasteiger partial charge in [0.1, 0.15) is 18.1 Å². The van der Waals surface area contributed by atoms with Gasteiger partial charge in [-0.2, -0.15) is 11.8 Å². The fourth-order valence-corrected chi connectivity index (χ4v) is 4.02. The summed E-state index contributed by atoms with van der Waals surface area (Å²) in [7, 11) is 0. The molecule has 36 heavy (non-hydrogen) atoms. The average Bonchev–Trinajstić information content (AvgIpc) is 2.84. The molecule has 0 aliphatic rings. The number of hydrogen-bond acceptors (Lipinski definition) is 7. The van der Waals surface area contributed by atoms with Gasteiger partial charge < -0.3 is 32.5 Å². The summed E-state index contributed by atoms with van der Waals surface area (Å²) in [5, 5.41) is 17.4. The minimum absolute atomic E-state index is 0.306. The van der Waals surface area contributed by atoms with Crippen molar-refractivity contribution in [2.24, 2.45) is 17.4 Å². The van der Waals surface area contributed by atoms with Crippen molar-refractivity contribution in [3.63, 3.8) is 0 Å². The summed E-state index contributed by atoms with van der Waals surface area (Å²) in [4.78, 5) is 50.4. The first kappa shape index (κ1) is 31.4. The van der Waals surface area contributed by atoms with E-state index < -0.39 is 47.9 Å². The average molecular weight is 524 g/mol. The number of nitrogens with one attached hydrogen (secondary N) is 3. The molecule has 0 aromatic heterocycles. The van der Waals surface area contributed by atoms with Crippen molar-refractivity contribution in [3.05, 3.63) is 35.9 Å². The molecule has 3 amide bonds. The molecule has 1 aromatic carbocycles. The van der Waals surface area contributed by atoms with Crippen LogP contribution in [-0.4, -0.2) is 71.5 Å². The molecule has 4 atom stereocenters. The predicted octanol–water partition coefficient (Wildman–Crippen LogP) is 0.634. The molecule has 8 N–H and O–H groups in total. The topological polar surface area (TPSA) is 177 Å². The Hall–Kier alpha value is -2.63. The van der Waals surface area contributed by atoms with E-state index in [0.717, 1.165) is 5.56 Å². The van der Waals surface area contributed by atoms with E-state index in [0.29, 0.717) is 44.4 Å². The summed E-state index contributed by atoms with van der Waals surface area (Å²) in [5.74, 6) is -2.48. The molecule has 0 radical (unpaired) electrons. The van der Waals surface area contributed by atoms with E-state index in [2.05, 4.69) is 16.0 Å². The lowest BCUT2D eigenvalue weighted by atomic mass is 10.0. The second kappa shape index (κ2) is 16.9. The SMILES string of the molecule is CSCCC(NC(=O)C(CCCCN)NC(=O)C(N)Cc1ccccc1)C(=O)NC(C(=O)O)C(C)C. The highest BCUT2D eigenvalue weighted by atomic mass is 32.2. The second-order valence-electron chi connectivity index (χ2n) is 9.05. The Kier molecular flexibility index (Phi) is 14.8. The normalized spacial score (nSPS) is 14.4. The standard InChI is InChI=1S/C25H41N5O5S/c1-16(2)21(25(34)35)30-24(33)20(12-14-36-3)29-23(32)19(11-7-8-13-26)28-22(31)18(27)15-17-9-5-4-6-10-17/h4-6,9-10,16,18-21H,7-8,11-15,26-27H2,1-3H3,(H,28,31)(H,29,32)(H,30,33)(H,34,35). The van der Waals surface area contributed by atoms with Gasteiger partial charge in [-0.3, -0.25) is 14.4 Å².